The van der Waals surface area contributed by atoms with Crippen molar-refractivity contribution in [3.63, 3.8) is 0 Å². The molecule has 41 heavy (non-hydrogen) atoms. The molecule has 3 aromatic heterocycles. The fourth-order valence-electron chi connectivity index (χ4n) is 4.98. The van der Waals surface area contributed by atoms with Crippen molar-refractivity contribution in [3.8, 4) is 10.6 Å². The Morgan fingerprint density at radius 1 is 1.05 bits per heavy atom. The van der Waals surface area contributed by atoms with Gasteiger partial charge < -0.3 is 14.4 Å². The van der Waals surface area contributed by atoms with Crippen molar-refractivity contribution in [2.45, 2.75) is 52.1 Å². The first kappa shape index (κ1) is 29.4. The van der Waals surface area contributed by atoms with Gasteiger partial charge in [-0.05, 0) is 93.1 Å². The second-order valence-electron chi connectivity index (χ2n) is 9.69. The number of alkyl halides is 3. The molecule has 0 bridgehead atoms. The van der Waals surface area contributed by atoms with Gasteiger partial charge in [-0.1, -0.05) is 6.07 Å². The molecule has 1 aromatic carbocycles. The van der Waals surface area contributed by atoms with E-state index in [2.05, 4.69) is 15.3 Å². The number of aryl methyl sites for hydroxylation is 2. The Labute approximate surface area is 240 Å². The molecule has 0 fully saturated rings. The van der Waals surface area contributed by atoms with Gasteiger partial charge in [0.1, 0.15) is 16.6 Å². The maximum Gasteiger partial charge on any atom is 0.416 e. The zero-order valence-electron chi connectivity index (χ0n) is 22.9. The fraction of sp³-hybridized carbons (Fsp3) is 0.345. The van der Waals surface area contributed by atoms with Gasteiger partial charge in [0.15, 0.2) is 0 Å². The third-order valence-corrected chi connectivity index (χ3v) is 9.98. The zero-order valence-corrected chi connectivity index (χ0v) is 24.6. The van der Waals surface area contributed by atoms with E-state index in [-0.39, 0.29) is 11.7 Å². The monoisotopic (exact) mass is 602 g/mol. The summed E-state index contributed by atoms with van der Waals surface area (Å²) < 4.78 is 63.8. The van der Waals surface area contributed by atoms with Gasteiger partial charge in [-0.15, -0.1) is 11.3 Å². The Bertz CT molecular complexity index is 1580. The summed E-state index contributed by atoms with van der Waals surface area (Å²) in [6.07, 6.45) is 1.21. The molecular formula is C29H30F3N4O3PS. The van der Waals surface area contributed by atoms with Crippen molar-refractivity contribution < 1.29 is 26.8 Å². The molecule has 12 heteroatoms. The van der Waals surface area contributed by atoms with Crippen LogP contribution >= 0.6 is 18.9 Å². The minimum atomic E-state index is -4.46. The molecule has 1 unspecified atom stereocenters. The molecule has 5 rings (SSSR count). The van der Waals surface area contributed by atoms with Crippen LogP contribution < -0.4 is 10.6 Å². The lowest BCUT2D eigenvalue weighted by atomic mass is 9.83. The topological polar surface area (TPSA) is 86.2 Å². The van der Waals surface area contributed by atoms with Gasteiger partial charge in [0.25, 0.3) is 0 Å². The smallest absolute Gasteiger partial charge is 0.325 e. The van der Waals surface area contributed by atoms with Crippen LogP contribution in [0.25, 0.3) is 10.6 Å². The predicted molar refractivity (Wildman–Crippen MR) is 154 cm³/mol. The highest BCUT2D eigenvalue weighted by Gasteiger charge is 2.32. The van der Waals surface area contributed by atoms with Crippen LogP contribution in [0.2, 0.25) is 0 Å². The van der Waals surface area contributed by atoms with Crippen LogP contribution in [0.3, 0.4) is 0 Å². The molecular weight excluding hydrogens is 572 g/mol. The normalized spacial score (nSPS) is 15.5. The number of nitrogens with one attached hydrogen (secondary N) is 1. The highest BCUT2D eigenvalue weighted by Crippen LogP contribution is 2.48. The quantitative estimate of drug-likeness (QED) is 0.194. The number of hydrogen-bond donors (Lipinski definition) is 1. The molecule has 0 aliphatic heterocycles. The average molecular weight is 603 g/mol. The zero-order chi connectivity index (χ0) is 29.2. The predicted octanol–water partition coefficient (Wildman–Crippen LogP) is 8.03. The molecule has 1 aliphatic carbocycles. The molecule has 0 saturated heterocycles. The highest BCUT2D eigenvalue weighted by molar-refractivity contribution is 7.62. The van der Waals surface area contributed by atoms with Crippen molar-refractivity contribution in [2.24, 2.45) is 0 Å². The van der Waals surface area contributed by atoms with Crippen LogP contribution in [0.5, 0.6) is 0 Å². The second kappa shape index (κ2) is 12.0. The first-order valence-corrected chi connectivity index (χ1v) is 15.7. The number of halogens is 3. The Kier molecular flexibility index (Phi) is 8.61. The molecule has 1 atom stereocenters. The summed E-state index contributed by atoms with van der Waals surface area (Å²) >= 11 is 1.54. The third-order valence-electron chi connectivity index (χ3n) is 6.74. The summed E-state index contributed by atoms with van der Waals surface area (Å²) in [5.41, 5.74) is 3.04. The molecule has 0 saturated carbocycles. The first-order chi connectivity index (χ1) is 19.6. The summed E-state index contributed by atoms with van der Waals surface area (Å²) in [4.78, 5) is 14.3. The molecule has 0 amide bonds. The van der Waals surface area contributed by atoms with Crippen molar-refractivity contribution in [2.75, 3.05) is 18.5 Å². The van der Waals surface area contributed by atoms with Crippen molar-refractivity contribution in [1.29, 1.82) is 0 Å². The fourth-order valence-corrected chi connectivity index (χ4v) is 7.64. The summed E-state index contributed by atoms with van der Waals surface area (Å²) in [6, 6.07) is 11.4. The van der Waals surface area contributed by atoms with E-state index in [9.17, 15) is 17.7 Å². The lowest BCUT2D eigenvalue weighted by Gasteiger charge is -2.26. The third kappa shape index (κ3) is 6.54. The Morgan fingerprint density at radius 3 is 2.56 bits per heavy atom. The van der Waals surface area contributed by atoms with Gasteiger partial charge in [-0.3, -0.25) is 4.57 Å². The maximum atomic E-state index is 13.3. The number of anilines is 2. The van der Waals surface area contributed by atoms with Crippen LogP contribution in [0.1, 0.15) is 59.9 Å². The number of rotatable bonds is 9. The SMILES string of the molecule is CCOP(=O)(OCC)c1ccc2c(c1)CCCC2c1ncc(-c2cc(C)cc(Nc3cc(C(F)(F)F)ccn3)n2)s1. The lowest BCUT2D eigenvalue weighted by Crippen LogP contribution is -2.17. The van der Waals surface area contributed by atoms with E-state index in [1.807, 2.05) is 31.2 Å². The van der Waals surface area contributed by atoms with Crippen molar-refractivity contribution >= 4 is 35.9 Å². The number of benzene rings is 1. The summed E-state index contributed by atoms with van der Waals surface area (Å²) in [6.45, 7) is 6.07. The minimum absolute atomic E-state index is 0.0604. The second-order valence-corrected chi connectivity index (χ2v) is 12.8. The molecule has 1 aliphatic rings. The first-order valence-electron chi connectivity index (χ1n) is 13.4. The molecule has 216 valence electrons. The lowest BCUT2D eigenvalue weighted by molar-refractivity contribution is -0.137. The number of hydrogen-bond acceptors (Lipinski definition) is 8. The number of thiazole rings is 1. The number of aromatic nitrogens is 3. The van der Waals surface area contributed by atoms with Gasteiger partial charge in [0.05, 0.1) is 34.7 Å². The van der Waals surface area contributed by atoms with Crippen molar-refractivity contribution in [3.05, 3.63) is 82.1 Å². The summed E-state index contributed by atoms with van der Waals surface area (Å²) in [7, 11) is -3.38. The van der Waals surface area contributed by atoms with Crippen LogP contribution in [0.15, 0.2) is 54.9 Å². The largest absolute Gasteiger partial charge is 0.416 e. The van der Waals surface area contributed by atoms with E-state index in [0.29, 0.717) is 30.0 Å². The molecule has 0 spiro atoms. The Balaban J connectivity index is 1.41. The van der Waals surface area contributed by atoms with Gasteiger partial charge >= 0.3 is 13.8 Å². The summed E-state index contributed by atoms with van der Waals surface area (Å²) in [5.74, 6) is 0.539. The van der Waals surface area contributed by atoms with E-state index in [1.165, 1.54) is 0 Å². The van der Waals surface area contributed by atoms with E-state index < -0.39 is 19.3 Å². The van der Waals surface area contributed by atoms with Crippen LogP contribution in [0.4, 0.5) is 24.8 Å². The Hall–Kier alpha value is -3.11. The minimum Gasteiger partial charge on any atom is -0.325 e. The molecule has 1 N–H and O–H groups in total. The van der Waals surface area contributed by atoms with Crippen LogP contribution in [-0.4, -0.2) is 28.2 Å². The number of fused-ring (bicyclic) bond motifs is 1. The van der Waals surface area contributed by atoms with E-state index >= 15 is 0 Å². The Morgan fingerprint density at radius 2 is 1.83 bits per heavy atom. The van der Waals surface area contributed by atoms with E-state index in [1.54, 1.807) is 37.4 Å². The van der Waals surface area contributed by atoms with E-state index in [0.717, 1.165) is 64.2 Å². The highest BCUT2D eigenvalue weighted by atomic mass is 32.1. The molecule has 4 aromatic rings. The van der Waals surface area contributed by atoms with Crippen molar-refractivity contribution in [1.82, 2.24) is 15.0 Å². The van der Waals surface area contributed by atoms with Crippen LogP contribution in [-0.2, 0) is 26.2 Å². The molecule has 0 radical (unpaired) electrons. The standard InChI is InChI=1S/C29H30F3N4O3PS/c1-4-38-40(37,39-5-2)21-9-10-22-19(15-21)7-6-8-23(22)28-34-17-25(41-28)24-13-18(3)14-27(35-24)36-26-16-20(11-12-33-26)29(30,31)32/h9-17,23H,4-8H2,1-3H3,(H,33,35,36). The summed E-state index contributed by atoms with van der Waals surface area (Å²) in [5, 5.41) is 4.42. The van der Waals surface area contributed by atoms with Gasteiger partial charge in [0.2, 0.25) is 0 Å². The number of nitrogens with zero attached hydrogens (tertiary/aromatic N) is 3. The van der Waals surface area contributed by atoms with Gasteiger partial charge in [0, 0.05) is 18.3 Å². The maximum absolute atomic E-state index is 13.3. The average Bonchev–Trinajstić information content (AvgIpc) is 3.42. The van der Waals surface area contributed by atoms with Gasteiger partial charge in [-0.25, -0.2) is 15.0 Å². The molecule has 3 heterocycles. The van der Waals surface area contributed by atoms with E-state index in [4.69, 9.17) is 14.0 Å². The van der Waals surface area contributed by atoms with Gasteiger partial charge in [-0.2, -0.15) is 13.2 Å². The molecule has 7 nitrogen and oxygen atoms in total. The van der Waals surface area contributed by atoms with Crippen LogP contribution in [0, 0.1) is 6.92 Å². The number of pyridine rings is 2.